The van der Waals surface area contributed by atoms with Crippen molar-refractivity contribution in [2.24, 2.45) is 0 Å². The number of ether oxygens (including phenoxy) is 1. The summed E-state index contributed by atoms with van der Waals surface area (Å²) >= 11 is 6.30. The van der Waals surface area contributed by atoms with Crippen molar-refractivity contribution in [1.29, 1.82) is 0 Å². The maximum Gasteiger partial charge on any atom is 0.256 e. The first-order valence-corrected chi connectivity index (χ1v) is 10.4. The Bertz CT molecular complexity index is 1070. The maximum absolute atomic E-state index is 13.4. The maximum atomic E-state index is 13.4. The van der Waals surface area contributed by atoms with Crippen LogP contribution in [0.2, 0.25) is 5.02 Å². The molecule has 0 aliphatic rings. The molecule has 0 aliphatic carbocycles. The van der Waals surface area contributed by atoms with Gasteiger partial charge in [0.15, 0.2) is 0 Å². The van der Waals surface area contributed by atoms with E-state index >= 15 is 0 Å². The van der Waals surface area contributed by atoms with E-state index in [1.807, 2.05) is 43.3 Å². The first kappa shape index (κ1) is 23.4. The summed E-state index contributed by atoms with van der Waals surface area (Å²) < 4.78 is 10.4. The summed E-state index contributed by atoms with van der Waals surface area (Å²) in [4.78, 5) is 29.0. The molecule has 3 aromatic rings. The first-order chi connectivity index (χ1) is 15.4. The summed E-state index contributed by atoms with van der Waals surface area (Å²) in [5, 5.41) is 3.20. The molecule has 168 valence electrons. The molecule has 0 spiro atoms. The molecule has 8 heteroatoms. The van der Waals surface area contributed by atoms with Crippen molar-refractivity contribution in [2.45, 2.75) is 13.1 Å². The number of anilines is 2. The number of methoxy groups -OCH3 is 1. The van der Waals surface area contributed by atoms with E-state index in [9.17, 15) is 9.59 Å². The van der Waals surface area contributed by atoms with Gasteiger partial charge in [-0.15, -0.1) is 0 Å². The Kier molecular flexibility index (Phi) is 7.92. The van der Waals surface area contributed by atoms with Gasteiger partial charge in [-0.1, -0.05) is 23.7 Å². The zero-order valence-electron chi connectivity index (χ0n) is 18.3. The second-order valence-electron chi connectivity index (χ2n) is 7.44. The Morgan fingerprint density at radius 1 is 1.06 bits per heavy atom. The highest BCUT2D eigenvalue weighted by molar-refractivity contribution is 6.33. The number of halogens is 1. The molecular formula is C24H26ClN3O4. The van der Waals surface area contributed by atoms with E-state index in [2.05, 4.69) is 5.32 Å². The number of hydrogen-bond donors (Lipinski definition) is 1. The smallest absolute Gasteiger partial charge is 0.256 e. The van der Waals surface area contributed by atoms with Crippen LogP contribution in [0.5, 0.6) is 0 Å². The molecule has 3 rings (SSSR count). The van der Waals surface area contributed by atoms with Gasteiger partial charge in [0, 0.05) is 39.1 Å². The van der Waals surface area contributed by atoms with Gasteiger partial charge < -0.3 is 24.3 Å². The molecule has 0 atom stereocenters. The Hall–Kier alpha value is -3.29. The minimum Gasteiger partial charge on any atom is -0.467 e. The zero-order valence-corrected chi connectivity index (χ0v) is 19.1. The second kappa shape index (κ2) is 10.8. The van der Waals surface area contributed by atoms with Gasteiger partial charge in [-0.2, -0.15) is 0 Å². The van der Waals surface area contributed by atoms with Crippen LogP contribution in [0, 0.1) is 0 Å². The number of nitrogens with zero attached hydrogens (tertiary/aromatic N) is 2. The third-order valence-corrected chi connectivity index (χ3v) is 5.13. The Morgan fingerprint density at radius 2 is 1.84 bits per heavy atom. The molecule has 0 aliphatic heterocycles. The summed E-state index contributed by atoms with van der Waals surface area (Å²) in [5.41, 5.74) is 2.82. The topological polar surface area (TPSA) is 75.0 Å². The zero-order chi connectivity index (χ0) is 23.1. The third kappa shape index (κ3) is 5.90. The number of nitrogens with one attached hydrogen (secondary N) is 1. The second-order valence-corrected chi connectivity index (χ2v) is 7.85. The third-order valence-electron chi connectivity index (χ3n) is 4.80. The molecule has 0 bridgehead atoms. The average molecular weight is 456 g/mol. The van der Waals surface area contributed by atoms with Gasteiger partial charge in [0.2, 0.25) is 5.91 Å². The fourth-order valence-electron chi connectivity index (χ4n) is 3.36. The normalized spacial score (nSPS) is 10.6. The van der Waals surface area contributed by atoms with Crippen molar-refractivity contribution in [2.75, 3.05) is 38.0 Å². The van der Waals surface area contributed by atoms with Gasteiger partial charge in [0.1, 0.15) is 12.4 Å². The van der Waals surface area contributed by atoms with E-state index in [0.29, 0.717) is 22.0 Å². The summed E-state index contributed by atoms with van der Waals surface area (Å²) in [5.74, 6) is 0.183. The van der Waals surface area contributed by atoms with E-state index in [-0.39, 0.29) is 31.5 Å². The number of carbonyl (C=O) groups excluding carboxylic acids is 2. The minimum absolute atomic E-state index is 0.0413. The highest BCUT2D eigenvalue weighted by Crippen LogP contribution is 2.27. The van der Waals surface area contributed by atoms with Crippen molar-refractivity contribution in [3.05, 3.63) is 82.8 Å². The fourth-order valence-corrected chi connectivity index (χ4v) is 3.57. The van der Waals surface area contributed by atoms with Crippen LogP contribution in [0.15, 0.2) is 65.3 Å². The molecule has 0 radical (unpaired) electrons. The number of hydrogen-bond acceptors (Lipinski definition) is 5. The van der Waals surface area contributed by atoms with Crippen molar-refractivity contribution < 1.29 is 18.7 Å². The van der Waals surface area contributed by atoms with Crippen LogP contribution >= 0.6 is 11.6 Å². The van der Waals surface area contributed by atoms with E-state index in [1.54, 1.807) is 41.5 Å². The van der Waals surface area contributed by atoms with Crippen molar-refractivity contribution >= 4 is 34.8 Å². The summed E-state index contributed by atoms with van der Waals surface area (Å²) in [6.07, 6.45) is 1.57. The highest BCUT2D eigenvalue weighted by Gasteiger charge is 2.22. The molecule has 2 amide bonds. The molecule has 0 saturated carbocycles. The van der Waals surface area contributed by atoms with Gasteiger partial charge >= 0.3 is 0 Å². The van der Waals surface area contributed by atoms with E-state index in [4.69, 9.17) is 20.8 Å². The largest absolute Gasteiger partial charge is 0.467 e. The molecule has 1 heterocycles. The predicted molar refractivity (Wildman–Crippen MR) is 125 cm³/mol. The van der Waals surface area contributed by atoms with E-state index < -0.39 is 0 Å². The van der Waals surface area contributed by atoms with Crippen molar-refractivity contribution in [3.8, 4) is 0 Å². The lowest BCUT2D eigenvalue weighted by Gasteiger charge is -2.26. The first-order valence-electron chi connectivity index (χ1n) is 10.0. The van der Waals surface area contributed by atoms with Crippen LogP contribution in [0.3, 0.4) is 0 Å². The van der Waals surface area contributed by atoms with Gasteiger partial charge in [-0.25, -0.2) is 0 Å². The van der Waals surface area contributed by atoms with Gasteiger partial charge in [0.25, 0.3) is 5.91 Å². The van der Waals surface area contributed by atoms with Crippen molar-refractivity contribution in [3.63, 3.8) is 0 Å². The molecule has 2 aromatic carbocycles. The molecule has 7 nitrogen and oxygen atoms in total. The van der Waals surface area contributed by atoms with Crippen LogP contribution < -0.4 is 10.2 Å². The van der Waals surface area contributed by atoms with Crippen LogP contribution in [-0.2, 0) is 22.6 Å². The minimum atomic E-state index is -0.254. The Labute approximate surface area is 192 Å². The van der Waals surface area contributed by atoms with E-state index in [0.717, 1.165) is 11.3 Å². The summed E-state index contributed by atoms with van der Waals surface area (Å²) in [6, 6.07) is 16.1. The SMILES string of the molecule is COCC(=O)Nc1ccc(N(C)C)c(CN(Cc2ccco2)C(=O)c2ccccc2Cl)c1. The number of carbonyl (C=O) groups is 2. The average Bonchev–Trinajstić information content (AvgIpc) is 3.26. The van der Waals surface area contributed by atoms with Gasteiger partial charge in [0.05, 0.1) is 23.4 Å². The number of benzene rings is 2. The lowest BCUT2D eigenvalue weighted by molar-refractivity contribution is -0.119. The van der Waals surface area contributed by atoms with Crippen LogP contribution in [0.4, 0.5) is 11.4 Å². The number of furan rings is 1. The Balaban J connectivity index is 1.95. The predicted octanol–water partition coefficient (Wildman–Crippen LogP) is 4.43. The van der Waals surface area contributed by atoms with Crippen molar-refractivity contribution in [1.82, 2.24) is 4.90 Å². The van der Waals surface area contributed by atoms with Gasteiger partial charge in [-0.3, -0.25) is 9.59 Å². The molecule has 32 heavy (non-hydrogen) atoms. The lowest BCUT2D eigenvalue weighted by atomic mass is 10.1. The number of rotatable bonds is 9. The molecule has 1 aromatic heterocycles. The summed E-state index contributed by atoms with van der Waals surface area (Å²) in [6.45, 7) is 0.511. The molecule has 0 fully saturated rings. The number of amides is 2. The van der Waals surface area contributed by atoms with Crippen LogP contribution in [0.1, 0.15) is 21.7 Å². The van der Waals surface area contributed by atoms with Crippen LogP contribution in [0.25, 0.3) is 0 Å². The Morgan fingerprint density at radius 3 is 2.50 bits per heavy atom. The molecule has 0 saturated heterocycles. The van der Waals surface area contributed by atoms with Gasteiger partial charge in [-0.05, 0) is 48.0 Å². The highest BCUT2D eigenvalue weighted by atomic mass is 35.5. The van der Waals surface area contributed by atoms with E-state index in [1.165, 1.54) is 7.11 Å². The van der Waals surface area contributed by atoms with Crippen LogP contribution in [-0.4, -0.2) is 44.5 Å². The molecular weight excluding hydrogens is 430 g/mol. The monoisotopic (exact) mass is 455 g/mol. The molecule has 1 N–H and O–H groups in total. The quantitative estimate of drug-likeness (QED) is 0.516. The lowest BCUT2D eigenvalue weighted by Crippen LogP contribution is -2.31. The standard InChI is InChI=1S/C24H26ClN3O4/c1-27(2)22-11-10-18(26-23(29)16-31-3)13-17(22)14-28(15-19-7-6-12-32-19)24(30)20-8-4-5-9-21(20)25/h4-13H,14-16H2,1-3H3,(H,26,29). The summed E-state index contributed by atoms with van der Waals surface area (Å²) in [7, 11) is 5.32. The molecule has 0 unspecified atom stereocenters. The fraction of sp³-hybridized carbons (Fsp3) is 0.250.